The van der Waals surface area contributed by atoms with Crippen molar-refractivity contribution in [2.75, 3.05) is 23.9 Å². The number of anilines is 2. The summed E-state index contributed by atoms with van der Waals surface area (Å²) in [5.41, 5.74) is 1.10. The first kappa shape index (κ1) is 21.9. The molecule has 0 spiro atoms. The Kier molecular flexibility index (Phi) is 8.32. The van der Waals surface area contributed by atoms with E-state index in [9.17, 15) is 0 Å². The maximum absolute atomic E-state index is 6.00. The molecule has 0 aliphatic heterocycles. The molecule has 0 atom stereocenters. The van der Waals surface area contributed by atoms with Crippen LogP contribution in [0.2, 0.25) is 5.02 Å². The van der Waals surface area contributed by atoms with Gasteiger partial charge in [-0.3, -0.25) is 5.01 Å². The van der Waals surface area contributed by atoms with Crippen molar-refractivity contribution in [1.29, 1.82) is 0 Å². The number of nitrogens with zero attached hydrogens (tertiary/aromatic N) is 4. The molecule has 7 nitrogen and oxygen atoms in total. The van der Waals surface area contributed by atoms with Crippen molar-refractivity contribution >= 4 is 29.6 Å². The van der Waals surface area contributed by atoms with E-state index in [1.807, 2.05) is 37.4 Å². The Morgan fingerprint density at radius 3 is 2.90 bits per heavy atom. The number of aromatic nitrogens is 2. The van der Waals surface area contributed by atoms with Gasteiger partial charge in [-0.1, -0.05) is 49.6 Å². The molecule has 0 saturated heterocycles. The summed E-state index contributed by atoms with van der Waals surface area (Å²) < 4.78 is 0. The van der Waals surface area contributed by atoms with Crippen LogP contribution < -0.4 is 21.0 Å². The van der Waals surface area contributed by atoms with Gasteiger partial charge in [0.05, 0.1) is 12.4 Å². The number of rotatable bonds is 10. The average molecular weight is 428 g/mol. The summed E-state index contributed by atoms with van der Waals surface area (Å²) in [4.78, 5) is 8.92. The van der Waals surface area contributed by atoms with Gasteiger partial charge < -0.3 is 16.0 Å². The van der Waals surface area contributed by atoms with Crippen molar-refractivity contribution in [2.45, 2.75) is 44.7 Å². The van der Waals surface area contributed by atoms with Crippen molar-refractivity contribution in [3.63, 3.8) is 0 Å². The molecule has 0 bridgehead atoms. The van der Waals surface area contributed by atoms with Crippen molar-refractivity contribution in [1.82, 2.24) is 20.6 Å². The van der Waals surface area contributed by atoms with E-state index in [1.165, 1.54) is 32.1 Å². The van der Waals surface area contributed by atoms with Crippen LogP contribution in [0.1, 0.15) is 37.7 Å². The number of hydrogen-bond acceptors (Lipinski definition) is 7. The lowest BCUT2D eigenvalue weighted by atomic mass is 9.96. The Bertz CT molecular complexity index is 849. The second kappa shape index (κ2) is 11.4. The fourth-order valence-electron chi connectivity index (χ4n) is 3.34. The zero-order valence-corrected chi connectivity index (χ0v) is 18.2. The smallest absolute Gasteiger partial charge is 0.224 e. The fraction of sp³-hybridized carbons (Fsp3) is 0.409. The predicted molar refractivity (Wildman–Crippen MR) is 125 cm³/mol. The van der Waals surface area contributed by atoms with E-state index in [4.69, 9.17) is 11.6 Å². The van der Waals surface area contributed by atoms with Gasteiger partial charge in [-0.25, -0.2) is 4.98 Å². The molecule has 0 amide bonds. The minimum Gasteiger partial charge on any atom is -0.368 e. The first-order chi connectivity index (χ1) is 14.6. The highest BCUT2D eigenvalue weighted by Gasteiger charge is 2.14. The zero-order chi connectivity index (χ0) is 21.2. The van der Waals surface area contributed by atoms with Gasteiger partial charge in [0, 0.05) is 43.1 Å². The van der Waals surface area contributed by atoms with Crippen LogP contribution in [0.4, 0.5) is 11.8 Å². The van der Waals surface area contributed by atoms with Gasteiger partial charge in [-0.2, -0.15) is 10.1 Å². The Morgan fingerprint density at radius 1 is 1.27 bits per heavy atom. The van der Waals surface area contributed by atoms with Crippen molar-refractivity contribution < 1.29 is 0 Å². The summed E-state index contributed by atoms with van der Waals surface area (Å²) in [6.07, 6.45) is 9.78. The molecule has 0 unspecified atom stereocenters. The molecule has 160 valence electrons. The summed E-state index contributed by atoms with van der Waals surface area (Å²) in [7, 11) is 1.87. The summed E-state index contributed by atoms with van der Waals surface area (Å²) in [6, 6.07) is 10.1. The lowest BCUT2D eigenvalue weighted by Gasteiger charge is -2.23. The number of benzene rings is 1. The van der Waals surface area contributed by atoms with Crippen LogP contribution in [-0.2, 0) is 6.54 Å². The summed E-state index contributed by atoms with van der Waals surface area (Å²) in [6.45, 7) is 5.17. The second-order valence-corrected chi connectivity index (χ2v) is 7.82. The minimum absolute atomic E-state index is 0.470. The summed E-state index contributed by atoms with van der Waals surface area (Å²) in [5, 5.41) is 16.7. The molecule has 1 saturated carbocycles. The van der Waals surface area contributed by atoms with Crippen LogP contribution in [0.5, 0.6) is 0 Å². The maximum atomic E-state index is 6.00. The summed E-state index contributed by atoms with van der Waals surface area (Å²) >= 11 is 6.00. The predicted octanol–water partition coefficient (Wildman–Crippen LogP) is 4.15. The SMILES string of the molecule is C=C(NC/C=N\N(C)c1ccnc(NC2CCCCC2)n1)NCc1cccc(Cl)c1. The van der Waals surface area contributed by atoms with Crippen LogP contribution in [0.15, 0.2) is 54.0 Å². The van der Waals surface area contributed by atoms with Crippen molar-refractivity contribution in [3.8, 4) is 0 Å². The van der Waals surface area contributed by atoms with E-state index in [0.29, 0.717) is 25.1 Å². The Balaban J connectivity index is 1.41. The van der Waals surface area contributed by atoms with Crippen LogP contribution in [0, 0.1) is 0 Å². The Morgan fingerprint density at radius 2 is 2.10 bits per heavy atom. The topological polar surface area (TPSA) is 77.5 Å². The monoisotopic (exact) mass is 427 g/mol. The van der Waals surface area contributed by atoms with E-state index in [2.05, 4.69) is 37.6 Å². The Labute approximate surface area is 183 Å². The lowest BCUT2D eigenvalue weighted by molar-refractivity contribution is 0.461. The molecule has 0 radical (unpaired) electrons. The number of nitrogens with one attached hydrogen (secondary N) is 3. The quantitative estimate of drug-likeness (QED) is 0.390. The minimum atomic E-state index is 0.470. The molecule has 3 rings (SSSR count). The van der Waals surface area contributed by atoms with Crippen LogP contribution >= 0.6 is 11.6 Å². The molecule has 8 heteroatoms. The molecular formula is C22H30ClN7. The number of hydrogen-bond donors (Lipinski definition) is 3. The third-order valence-electron chi connectivity index (χ3n) is 4.97. The van der Waals surface area contributed by atoms with Crippen LogP contribution in [0.3, 0.4) is 0 Å². The second-order valence-electron chi connectivity index (χ2n) is 7.38. The van der Waals surface area contributed by atoms with E-state index in [1.54, 1.807) is 17.4 Å². The van der Waals surface area contributed by atoms with Crippen LogP contribution in [0.25, 0.3) is 0 Å². The first-order valence-electron chi connectivity index (χ1n) is 10.4. The van der Waals surface area contributed by atoms with Gasteiger partial charge in [0.15, 0.2) is 5.82 Å². The van der Waals surface area contributed by atoms with Gasteiger partial charge in [-0.05, 0) is 30.5 Å². The average Bonchev–Trinajstić information content (AvgIpc) is 2.76. The molecule has 1 fully saturated rings. The maximum Gasteiger partial charge on any atom is 0.224 e. The lowest BCUT2D eigenvalue weighted by Crippen LogP contribution is -2.27. The van der Waals surface area contributed by atoms with Gasteiger partial charge >= 0.3 is 0 Å². The number of hydrazone groups is 1. The molecule has 3 N–H and O–H groups in total. The Hall–Kier alpha value is -2.80. The molecule has 1 aliphatic carbocycles. The van der Waals surface area contributed by atoms with E-state index in [0.717, 1.165) is 22.2 Å². The van der Waals surface area contributed by atoms with Crippen molar-refractivity contribution in [3.05, 3.63) is 59.5 Å². The molecule has 1 aromatic heterocycles. The fourth-order valence-corrected chi connectivity index (χ4v) is 3.55. The molecule has 1 aliphatic rings. The van der Waals surface area contributed by atoms with E-state index in [-0.39, 0.29) is 0 Å². The van der Waals surface area contributed by atoms with Crippen LogP contribution in [-0.4, -0.2) is 35.8 Å². The molecule has 1 heterocycles. The zero-order valence-electron chi connectivity index (χ0n) is 17.4. The van der Waals surface area contributed by atoms with Gasteiger partial charge in [0.2, 0.25) is 5.95 Å². The molecule has 30 heavy (non-hydrogen) atoms. The molecule has 2 aromatic rings. The first-order valence-corrected chi connectivity index (χ1v) is 10.7. The van der Waals surface area contributed by atoms with Gasteiger partial charge in [-0.15, -0.1) is 0 Å². The van der Waals surface area contributed by atoms with Gasteiger partial charge in [0.1, 0.15) is 0 Å². The standard InChI is InChI=1S/C22H30ClN7/c1-17(26-16-18-7-6-8-19(23)15-18)24-13-14-27-30(2)21-11-12-25-22(29-21)28-20-9-4-3-5-10-20/h6-8,11-12,14-15,20,24,26H,1,3-5,9-10,13,16H2,2H3,(H,25,28,29)/b27-14-. The van der Waals surface area contributed by atoms with E-state index >= 15 is 0 Å². The third-order valence-corrected chi connectivity index (χ3v) is 5.20. The highest BCUT2D eigenvalue weighted by atomic mass is 35.5. The molecule has 1 aromatic carbocycles. The largest absolute Gasteiger partial charge is 0.368 e. The normalized spacial score (nSPS) is 14.5. The highest BCUT2D eigenvalue weighted by Crippen LogP contribution is 2.21. The van der Waals surface area contributed by atoms with E-state index < -0.39 is 0 Å². The number of halogens is 1. The van der Waals surface area contributed by atoms with Crippen molar-refractivity contribution in [2.24, 2.45) is 5.10 Å². The highest BCUT2D eigenvalue weighted by molar-refractivity contribution is 6.30. The third kappa shape index (κ3) is 7.22. The van der Waals surface area contributed by atoms with Gasteiger partial charge in [0.25, 0.3) is 0 Å². The molecular weight excluding hydrogens is 398 g/mol. The summed E-state index contributed by atoms with van der Waals surface area (Å²) in [5.74, 6) is 2.14.